The van der Waals surface area contributed by atoms with Crippen molar-refractivity contribution in [3.8, 4) is 0 Å². The molecule has 8 heteroatoms. The Hall–Kier alpha value is -4.07. The second-order valence-corrected chi connectivity index (χ2v) is 7.07. The number of rotatable bonds is 7. The minimum atomic E-state index is -0.354. The quantitative estimate of drug-likeness (QED) is 0.425. The van der Waals surface area contributed by atoms with E-state index >= 15 is 0 Å². The monoisotopic (exact) mass is 418 g/mol. The average molecular weight is 419 g/mol. The molecule has 0 bridgehead atoms. The number of carbonyl (C=O) groups excluding carboxylic acids is 2. The standard InChI is InChI=1S/C23H26N6O2/c1-4-12-24-22(30)25-19-8-10-20(11-9-19)26-23(31)27-21-7-5-6-18(14-21)15-29-17(3)13-16(2)28-29/h4-11,13-14H,1,12,15H2,2-3H3,(H2,24,25,30)(H2,26,27,31). The maximum absolute atomic E-state index is 12.4. The van der Waals surface area contributed by atoms with Crippen LogP contribution in [0.4, 0.5) is 26.7 Å². The number of aryl methyl sites for hydroxylation is 2. The lowest BCUT2D eigenvalue weighted by molar-refractivity contribution is 0.253. The molecule has 0 unspecified atom stereocenters. The summed E-state index contributed by atoms with van der Waals surface area (Å²) < 4.78 is 1.93. The van der Waals surface area contributed by atoms with Gasteiger partial charge in [-0.3, -0.25) is 4.68 Å². The Morgan fingerprint density at radius 2 is 1.58 bits per heavy atom. The van der Waals surface area contributed by atoms with E-state index in [1.54, 1.807) is 30.3 Å². The zero-order valence-electron chi connectivity index (χ0n) is 17.6. The summed E-state index contributed by atoms with van der Waals surface area (Å²) in [5, 5.41) is 15.4. The van der Waals surface area contributed by atoms with Gasteiger partial charge in [-0.2, -0.15) is 5.10 Å². The number of aromatic nitrogens is 2. The van der Waals surface area contributed by atoms with E-state index in [4.69, 9.17) is 0 Å². The van der Waals surface area contributed by atoms with Crippen LogP contribution >= 0.6 is 0 Å². The summed E-state index contributed by atoms with van der Waals surface area (Å²) in [6.07, 6.45) is 1.60. The Bertz CT molecular complexity index is 1070. The zero-order chi connectivity index (χ0) is 22.2. The summed E-state index contributed by atoms with van der Waals surface area (Å²) in [7, 11) is 0. The van der Waals surface area contributed by atoms with Crippen molar-refractivity contribution in [2.45, 2.75) is 20.4 Å². The Morgan fingerprint density at radius 3 is 2.19 bits per heavy atom. The molecule has 4 amide bonds. The zero-order valence-corrected chi connectivity index (χ0v) is 17.6. The third-order valence-corrected chi connectivity index (χ3v) is 4.43. The molecule has 0 atom stereocenters. The van der Waals surface area contributed by atoms with Gasteiger partial charge in [0.15, 0.2) is 0 Å². The molecule has 160 valence electrons. The number of nitrogens with one attached hydrogen (secondary N) is 4. The Balaban J connectivity index is 1.55. The first-order chi connectivity index (χ1) is 14.9. The van der Waals surface area contributed by atoms with Crippen molar-refractivity contribution < 1.29 is 9.59 Å². The molecule has 8 nitrogen and oxygen atoms in total. The highest BCUT2D eigenvalue weighted by atomic mass is 16.2. The molecule has 0 aliphatic rings. The topological polar surface area (TPSA) is 100 Å². The number of hydrogen-bond acceptors (Lipinski definition) is 3. The first-order valence-corrected chi connectivity index (χ1v) is 9.87. The highest BCUT2D eigenvalue weighted by molar-refractivity contribution is 6.00. The lowest BCUT2D eigenvalue weighted by atomic mass is 10.2. The predicted molar refractivity (Wildman–Crippen MR) is 124 cm³/mol. The molecule has 0 aliphatic carbocycles. The lowest BCUT2D eigenvalue weighted by Crippen LogP contribution is -2.28. The van der Waals surface area contributed by atoms with Crippen LogP contribution in [-0.4, -0.2) is 28.4 Å². The SMILES string of the molecule is C=CCNC(=O)Nc1ccc(NC(=O)Nc2cccc(Cn3nc(C)cc3C)c2)cc1. The molecule has 0 spiro atoms. The molecular weight excluding hydrogens is 392 g/mol. The van der Waals surface area contributed by atoms with Gasteiger partial charge in [0.25, 0.3) is 0 Å². The van der Waals surface area contributed by atoms with Gasteiger partial charge in [0.1, 0.15) is 0 Å². The van der Waals surface area contributed by atoms with Crippen molar-refractivity contribution in [3.63, 3.8) is 0 Å². The van der Waals surface area contributed by atoms with E-state index < -0.39 is 0 Å². The van der Waals surface area contributed by atoms with Crippen molar-refractivity contribution in [3.05, 3.63) is 84.2 Å². The molecule has 3 rings (SSSR count). The molecule has 31 heavy (non-hydrogen) atoms. The third-order valence-electron chi connectivity index (χ3n) is 4.43. The molecule has 1 heterocycles. The predicted octanol–water partition coefficient (Wildman–Crippen LogP) is 4.50. The number of anilines is 3. The highest BCUT2D eigenvalue weighted by Gasteiger charge is 2.06. The van der Waals surface area contributed by atoms with Gasteiger partial charge in [0, 0.05) is 29.3 Å². The van der Waals surface area contributed by atoms with Crippen molar-refractivity contribution in [2.75, 3.05) is 22.5 Å². The summed E-state index contributed by atoms with van der Waals surface area (Å²) in [6, 6.07) is 15.8. The highest BCUT2D eigenvalue weighted by Crippen LogP contribution is 2.16. The van der Waals surface area contributed by atoms with E-state index in [2.05, 4.69) is 32.9 Å². The van der Waals surface area contributed by atoms with Crippen LogP contribution in [0.15, 0.2) is 67.3 Å². The molecule has 3 aromatic rings. The molecule has 1 aromatic heterocycles. The van der Waals surface area contributed by atoms with Gasteiger partial charge in [-0.15, -0.1) is 6.58 Å². The molecule has 0 saturated carbocycles. The summed E-state index contributed by atoms with van der Waals surface area (Å²) >= 11 is 0. The molecule has 0 saturated heterocycles. The first-order valence-electron chi connectivity index (χ1n) is 9.87. The average Bonchev–Trinajstić information content (AvgIpc) is 3.04. The first kappa shape index (κ1) is 21.6. The molecule has 0 fully saturated rings. The van der Waals surface area contributed by atoms with E-state index in [1.165, 1.54) is 0 Å². The maximum atomic E-state index is 12.4. The summed E-state index contributed by atoms with van der Waals surface area (Å²) in [5.41, 5.74) is 5.01. The molecule has 0 aliphatic heterocycles. The van der Waals surface area contributed by atoms with Crippen molar-refractivity contribution >= 4 is 29.1 Å². The molecular formula is C23H26N6O2. The summed E-state index contributed by atoms with van der Waals surface area (Å²) in [4.78, 5) is 24.0. The third kappa shape index (κ3) is 6.46. The van der Waals surface area contributed by atoms with E-state index in [9.17, 15) is 9.59 Å². The second-order valence-electron chi connectivity index (χ2n) is 7.07. The summed E-state index contributed by atoms with van der Waals surface area (Å²) in [6.45, 7) is 8.54. The van der Waals surface area contributed by atoms with Gasteiger partial charge in [-0.25, -0.2) is 9.59 Å². The van der Waals surface area contributed by atoms with Gasteiger partial charge >= 0.3 is 12.1 Å². The minimum Gasteiger partial charge on any atom is -0.334 e. The second kappa shape index (κ2) is 10.1. The van der Waals surface area contributed by atoms with Crippen LogP contribution in [-0.2, 0) is 6.54 Å². The summed E-state index contributed by atoms with van der Waals surface area (Å²) in [5.74, 6) is 0. The fourth-order valence-corrected chi connectivity index (χ4v) is 3.03. The molecule has 0 radical (unpaired) electrons. The van der Waals surface area contributed by atoms with Crippen LogP contribution in [0.1, 0.15) is 17.0 Å². The van der Waals surface area contributed by atoms with Gasteiger partial charge < -0.3 is 21.3 Å². The van der Waals surface area contributed by atoms with E-state index in [-0.39, 0.29) is 12.1 Å². The number of hydrogen-bond donors (Lipinski definition) is 4. The number of nitrogens with zero attached hydrogens (tertiary/aromatic N) is 2. The van der Waals surface area contributed by atoms with E-state index in [0.29, 0.717) is 30.2 Å². The van der Waals surface area contributed by atoms with Crippen molar-refractivity contribution in [1.82, 2.24) is 15.1 Å². The van der Waals surface area contributed by atoms with Gasteiger partial charge in [-0.1, -0.05) is 18.2 Å². The van der Waals surface area contributed by atoms with Crippen LogP contribution in [0, 0.1) is 13.8 Å². The largest absolute Gasteiger partial charge is 0.334 e. The van der Waals surface area contributed by atoms with E-state index in [1.807, 2.05) is 48.9 Å². The number of amides is 4. The van der Waals surface area contributed by atoms with Crippen LogP contribution in [0.2, 0.25) is 0 Å². The van der Waals surface area contributed by atoms with Crippen LogP contribution in [0.3, 0.4) is 0 Å². The van der Waals surface area contributed by atoms with Crippen molar-refractivity contribution in [2.24, 2.45) is 0 Å². The van der Waals surface area contributed by atoms with Crippen molar-refractivity contribution in [1.29, 1.82) is 0 Å². The Labute approximate surface area is 181 Å². The fourth-order valence-electron chi connectivity index (χ4n) is 3.03. The van der Waals surface area contributed by atoms with Crippen LogP contribution in [0.25, 0.3) is 0 Å². The van der Waals surface area contributed by atoms with Gasteiger partial charge in [0.2, 0.25) is 0 Å². The maximum Gasteiger partial charge on any atom is 0.323 e. The van der Waals surface area contributed by atoms with Gasteiger partial charge in [-0.05, 0) is 61.9 Å². The van der Waals surface area contributed by atoms with Crippen LogP contribution in [0.5, 0.6) is 0 Å². The number of benzene rings is 2. The van der Waals surface area contributed by atoms with E-state index in [0.717, 1.165) is 17.0 Å². The number of carbonyl (C=O) groups is 2. The minimum absolute atomic E-state index is 0.321. The number of urea groups is 2. The fraction of sp³-hybridized carbons (Fsp3) is 0.174. The molecule has 2 aromatic carbocycles. The van der Waals surface area contributed by atoms with Crippen LogP contribution < -0.4 is 21.3 Å². The normalized spacial score (nSPS) is 10.3. The lowest BCUT2D eigenvalue weighted by Gasteiger charge is -2.11. The smallest absolute Gasteiger partial charge is 0.323 e. The Morgan fingerprint density at radius 1 is 0.935 bits per heavy atom. The molecule has 4 N–H and O–H groups in total. The van der Waals surface area contributed by atoms with Gasteiger partial charge in [0.05, 0.1) is 12.2 Å². The Kier molecular flexibility index (Phi) is 7.05.